The molecule has 0 saturated heterocycles. The average Bonchev–Trinajstić information content (AvgIpc) is 1.88. The van der Waals surface area contributed by atoms with Gasteiger partial charge in [0, 0.05) is 0 Å². The van der Waals surface area contributed by atoms with E-state index in [9.17, 15) is 0 Å². The predicted octanol–water partition coefficient (Wildman–Crippen LogP) is 3.54. The fraction of sp³-hybridized carbons (Fsp3) is 1.00. The van der Waals surface area contributed by atoms with Gasteiger partial charge in [-0.15, -0.1) is 24.8 Å². The van der Waals surface area contributed by atoms with Crippen LogP contribution < -0.4 is 0 Å². The fourth-order valence-electron chi connectivity index (χ4n) is 0. The van der Waals surface area contributed by atoms with Crippen LogP contribution in [-0.4, -0.2) is 23.9 Å². The predicted molar refractivity (Wildman–Crippen MR) is 64.2 cm³/mol. The van der Waals surface area contributed by atoms with Gasteiger partial charge in [-0.2, -0.15) is 0 Å². The summed E-state index contributed by atoms with van der Waals surface area (Å²) in [7, 11) is 0. The summed E-state index contributed by atoms with van der Waals surface area (Å²) >= 11 is 0. The van der Waals surface area contributed by atoms with Crippen molar-refractivity contribution >= 4 is 48.7 Å². The van der Waals surface area contributed by atoms with Crippen molar-refractivity contribution in [1.29, 1.82) is 0 Å². The zero-order valence-corrected chi connectivity index (χ0v) is 14.0. The second-order valence-corrected chi connectivity index (χ2v) is 2.00. The Morgan fingerprint density at radius 3 is 0.636 bits per heavy atom. The molecular formula is C8H24Cl2Sn. The molecule has 2 radical (unpaired) electrons. The van der Waals surface area contributed by atoms with Crippen molar-refractivity contribution in [1.82, 2.24) is 0 Å². The first-order valence-electron chi connectivity index (χ1n) is 3.83. The molecule has 0 aromatic rings. The van der Waals surface area contributed by atoms with E-state index < -0.39 is 0 Å². The molecule has 0 bridgehead atoms. The molecule has 0 aliphatic heterocycles. The SMILES string of the molecule is CCCC.CCCC.Cl.Cl.[SnH2]. The van der Waals surface area contributed by atoms with E-state index in [4.69, 9.17) is 0 Å². The van der Waals surface area contributed by atoms with Gasteiger partial charge in [0.15, 0.2) is 0 Å². The van der Waals surface area contributed by atoms with E-state index in [1.54, 1.807) is 0 Å². The average molecular weight is 310 g/mol. The Balaban J connectivity index is -0.0000000171. The van der Waals surface area contributed by atoms with Gasteiger partial charge in [0.2, 0.25) is 0 Å². The number of halogens is 2. The molecule has 0 amide bonds. The van der Waals surface area contributed by atoms with Crippen LogP contribution >= 0.6 is 24.8 Å². The van der Waals surface area contributed by atoms with Gasteiger partial charge in [0.05, 0.1) is 0 Å². The minimum absolute atomic E-state index is 0. The van der Waals surface area contributed by atoms with E-state index in [-0.39, 0.29) is 48.7 Å². The molecule has 0 aliphatic rings. The summed E-state index contributed by atoms with van der Waals surface area (Å²) in [4.78, 5) is 0. The fourth-order valence-corrected chi connectivity index (χ4v) is 0. The molecular weight excluding hydrogens is 286 g/mol. The van der Waals surface area contributed by atoms with Crippen molar-refractivity contribution in [2.45, 2.75) is 53.4 Å². The van der Waals surface area contributed by atoms with Crippen LogP contribution in [0.5, 0.6) is 0 Å². The Morgan fingerprint density at radius 2 is 0.636 bits per heavy atom. The monoisotopic (exact) mass is 310 g/mol. The van der Waals surface area contributed by atoms with Crippen LogP contribution in [0.1, 0.15) is 53.4 Å². The second kappa shape index (κ2) is 42.4. The topological polar surface area (TPSA) is 0 Å². The first kappa shape index (κ1) is 29.4. The Morgan fingerprint density at radius 1 is 0.545 bits per heavy atom. The molecule has 0 saturated carbocycles. The van der Waals surface area contributed by atoms with Crippen molar-refractivity contribution in [3.63, 3.8) is 0 Å². The molecule has 0 aromatic heterocycles. The van der Waals surface area contributed by atoms with Gasteiger partial charge in [-0.1, -0.05) is 53.4 Å². The van der Waals surface area contributed by atoms with Gasteiger partial charge >= 0.3 is 23.9 Å². The first-order chi connectivity index (χ1) is 3.83. The first-order valence-corrected chi connectivity index (χ1v) is 3.83. The molecule has 11 heavy (non-hydrogen) atoms. The van der Waals surface area contributed by atoms with E-state index in [1.807, 2.05) is 0 Å². The van der Waals surface area contributed by atoms with Crippen LogP contribution in [0.25, 0.3) is 0 Å². The van der Waals surface area contributed by atoms with Crippen molar-refractivity contribution in [3.8, 4) is 0 Å². The van der Waals surface area contributed by atoms with Crippen LogP contribution in [-0.2, 0) is 0 Å². The summed E-state index contributed by atoms with van der Waals surface area (Å²) in [6.07, 6.45) is 5.28. The molecule has 0 rings (SSSR count). The maximum absolute atomic E-state index is 2.18. The number of rotatable bonds is 2. The Labute approximate surface area is 102 Å². The van der Waals surface area contributed by atoms with Crippen LogP contribution in [0.4, 0.5) is 0 Å². The molecule has 0 nitrogen and oxygen atoms in total. The Kier molecular flexibility index (Phi) is 113. The van der Waals surface area contributed by atoms with Crippen molar-refractivity contribution < 1.29 is 0 Å². The number of unbranched alkanes of at least 4 members (excludes halogenated alkanes) is 2. The maximum atomic E-state index is 2.18. The minimum atomic E-state index is 0. The van der Waals surface area contributed by atoms with Gasteiger partial charge in [-0.3, -0.25) is 0 Å². The van der Waals surface area contributed by atoms with Crippen LogP contribution in [0, 0.1) is 0 Å². The summed E-state index contributed by atoms with van der Waals surface area (Å²) < 4.78 is 0. The molecule has 0 heterocycles. The second-order valence-electron chi connectivity index (χ2n) is 2.00. The van der Waals surface area contributed by atoms with Crippen LogP contribution in [0.15, 0.2) is 0 Å². The van der Waals surface area contributed by atoms with E-state index in [1.165, 1.54) is 25.7 Å². The molecule has 0 aliphatic carbocycles. The molecule has 0 N–H and O–H groups in total. The van der Waals surface area contributed by atoms with Crippen molar-refractivity contribution in [2.75, 3.05) is 0 Å². The molecule has 0 atom stereocenters. The molecule has 0 aromatic carbocycles. The van der Waals surface area contributed by atoms with E-state index in [2.05, 4.69) is 27.7 Å². The third kappa shape index (κ3) is 87.7. The summed E-state index contributed by atoms with van der Waals surface area (Å²) in [6.45, 7) is 8.72. The van der Waals surface area contributed by atoms with Gasteiger partial charge in [-0.25, -0.2) is 0 Å². The number of hydrogen-bond acceptors (Lipinski definition) is 0. The van der Waals surface area contributed by atoms with Gasteiger partial charge in [0.1, 0.15) is 0 Å². The van der Waals surface area contributed by atoms with Gasteiger partial charge < -0.3 is 0 Å². The summed E-state index contributed by atoms with van der Waals surface area (Å²) in [5.74, 6) is 0. The van der Waals surface area contributed by atoms with Crippen LogP contribution in [0.3, 0.4) is 0 Å². The molecule has 74 valence electrons. The Hall–Kier alpha value is 1.38. The quantitative estimate of drug-likeness (QED) is 0.685. The third-order valence-corrected chi connectivity index (χ3v) is 1.000. The van der Waals surface area contributed by atoms with E-state index in [0.717, 1.165) is 0 Å². The molecule has 0 spiro atoms. The Bertz CT molecular complexity index is 20.1. The van der Waals surface area contributed by atoms with Crippen LogP contribution in [0.2, 0.25) is 0 Å². The van der Waals surface area contributed by atoms with E-state index >= 15 is 0 Å². The number of hydrogen-bond donors (Lipinski definition) is 0. The molecule has 3 heteroatoms. The van der Waals surface area contributed by atoms with E-state index in [0.29, 0.717) is 0 Å². The zero-order chi connectivity index (χ0) is 6.83. The standard InChI is InChI=1S/2C4H10.2ClH.Sn.2H/c2*1-3-4-2;;;;;/h2*3-4H2,1-2H3;2*1H;;;. The third-order valence-electron chi connectivity index (χ3n) is 1.000. The normalized spacial score (nSPS) is 5.45. The summed E-state index contributed by atoms with van der Waals surface area (Å²) in [6, 6.07) is 0. The van der Waals surface area contributed by atoms with Gasteiger partial charge in [0.25, 0.3) is 0 Å². The van der Waals surface area contributed by atoms with Crippen molar-refractivity contribution in [3.05, 3.63) is 0 Å². The van der Waals surface area contributed by atoms with Crippen molar-refractivity contribution in [2.24, 2.45) is 0 Å². The summed E-state index contributed by atoms with van der Waals surface area (Å²) in [5.41, 5.74) is 0. The van der Waals surface area contributed by atoms with Gasteiger partial charge in [-0.05, 0) is 0 Å². The molecule has 0 fully saturated rings. The molecule has 0 unspecified atom stereocenters. The summed E-state index contributed by atoms with van der Waals surface area (Å²) in [5, 5.41) is 0. The zero-order valence-electron chi connectivity index (χ0n) is 8.35.